The number of imidazole rings is 1. The maximum atomic E-state index is 12.6. The zero-order valence-corrected chi connectivity index (χ0v) is 20.2. The van der Waals surface area contributed by atoms with Crippen LogP contribution >= 0.6 is 11.6 Å². The Morgan fingerprint density at radius 3 is 2.33 bits per heavy atom. The number of carbonyl (C=O) groups excluding carboxylic acids is 1. The predicted molar refractivity (Wildman–Crippen MR) is 134 cm³/mol. The second kappa shape index (κ2) is 10.4. The molecule has 0 spiro atoms. The first-order valence-corrected chi connectivity index (χ1v) is 11.9. The Morgan fingerprint density at radius 1 is 1.09 bits per heavy atom. The fourth-order valence-electron chi connectivity index (χ4n) is 4.40. The first-order chi connectivity index (χ1) is 15.9. The van der Waals surface area contributed by atoms with Crippen LogP contribution in [0.15, 0.2) is 48.5 Å². The molecule has 0 aliphatic carbocycles. The molecule has 6 nitrogen and oxygen atoms in total. The van der Waals surface area contributed by atoms with Gasteiger partial charge in [0.15, 0.2) is 5.69 Å². The van der Waals surface area contributed by atoms with Crippen molar-refractivity contribution >= 4 is 23.3 Å². The molecule has 1 aliphatic heterocycles. The lowest BCUT2D eigenvalue weighted by Crippen LogP contribution is -2.37. The molecule has 174 valence electrons. The van der Waals surface area contributed by atoms with E-state index in [4.69, 9.17) is 21.3 Å². The van der Waals surface area contributed by atoms with Crippen LogP contribution in [-0.2, 0) is 4.74 Å². The van der Waals surface area contributed by atoms with Crippen molar-refractivity contribution in [2.24, 2.45) is 5.92 Å². The van der Waals surface area contributed by atoms with Gasteiger partial charge in [-0.25, -0.2) is 9.78 Å². The van der Waals surface area contributed by atoms with Crippen LogP contribution in [0.5, 0.6) is 0 Å². The molecule has 2 aromatic carbocycles. The number of aromatic amines is 1. The smallest absolute Gasteiger partial charge is 0.357 e. The minimum Gasteiger partial charge on any atom is -0.461 e. The van der Waals surface area contributed by atoms with Gasteiger partial charge in [-0.2, -0.15) is 0 Å². The summed E-state index contributed by atoms with van der Waals surface area (Å²) in [5.41, 5.74) is 3.86. The number of rotatable bonds is 7. The van der Waals surface area contributed by atoms with Crippen LogP contribution in [0.25, 0.3) is 22.6 Å². The normalized spacial score (nSPS) is 14.6. The van der Waals surface area contributed by atoms with E-state index in [1.807, 2.05) is 12.1 Å². The molecule has 7 heteroatoms. The summed E-state index contributed by atoms with van der Waals surface area (Å²) in [6.07, 6.45) is 2.43. The Balaban J connectivity index is 1.55. The number of esters is 1. The topological polar surface area (TPSA) is 61.5 Å². The second-order valence-electron chi connectivity index (χ2n) is 8.78. The van der Waals surface area contributed by atoms with E-state index in [2.05, 4.69) is 53.1 Å². The van der Waals surface area contributed by atoms with Crippen molar-refractivity contribution in [3.8, 4) is 22.6 Å². The third kappa shape index (κ3) is 5.57. The van der Waals surface area contributed by atoms with Crippen molar-refractivity contribution < 1.29 is 9.53 Å². The summed E-state index contributed by atoms with van der Waals surface area (Å²) in [5, 5.41) is 0.633. The molecule has 1 fully saturated rings. The minimum absolute atomic E-state index is 0.299. The first-order valence-electron chi connectivity index (χ1n) is 11.5. The molecule has 0 amide bonds. The lowest BCUT2D eigenvalue weighted by molar-refractivity contribution is 0.0521. The van der Waals surface area contributed by atoms with Crippen molar-refractivity contribution in [1.82, 2.24) is 14.9 Å². The lowest BCUT2D eigenvalue weighted by Gasteiger charge is -2.34. The van der Waals surface area contributed by atoms with Crippen LogP contribution in [0.2, 0.25) is 5.02 Å². The Morgan fingerprint density at radius 2 is 1.73 bits per heavy atom. The van der Waals surface area contributed by atoms with Gasteiger partial charge in [0.1, 0.15) is 11.5 Å². The van der Waals surface area contributed by atoms with Crippen LogP contribution in [0.1, 0.15) is 30.3 Å². The SMILES string of the molecule is CCOC(=O)c1[nH]c(-c2ccc(N3CCC(CN(C)C)CC3)cc2)nc1-c1ccc(Cl)cc1. The van der Waals surface area contributed by atoms with Crippen LogP contribution in [0.3, 0.4) is 0 Å². The van der Waals surface area contributed by atoms with Crippen molar-refractivity contribution in [3.05, 3.63) is 59.2 Å². The molecule has 33 heavy (non-hydrogen) atoms. The molecule has 0 atom stereocenters. The molecule has 4 rings (SSSR count). The minimum atomic E-state index is -0.418. The molecule has 0 saturated carbocycles. The Labute approximate surface area is 200 Å². The standard InChI is InChI=1S/C26H31ClN4O2/c1-4-33-26(32)24-23(19-5-9-21(27)10-6-19)28-25(29-24)20-7-11-22(12-8-20)31-15-13-18(14-16-31)17-30(2)3/h5-12,18H,4,13-17H2,1-3H3,(H,28,29). The van der Waals surface area contributed by atoms with E-state index in [0.29, 0.717) is 28.8 Å². The van der Waals surface area contributed by atoms with E-state index in [9.17, 15) is 4.79 Å². The van der Waals surface area contributed by atoms with Crippen LogP contribution in [-0.4, -0.2) is 61.2 Å². The van der Waals surface area contributed by atoms with Crippen LogP contribution < -0.4 is 4.90 Å². The van der Waals surface area contributed by atoms with Gasteiger partial charge in [-0.3, -0.25) is 0 Å². The molecule has 1 N–H and O–H groups in total. The zero-order chi connectivity index (χ0) is 23.4. The summed E-state index contributed by atoms with van der Waals surface area (Å²) in [7, 11) is 4.29. The number of hydrogen-bond donors (Lipinski definition) is 1. The monoisotopic (exact) mass is 466 g/mol. The van der Waals surface area contributed by atoms with E-state index < -0.39 is 5.97 Å². The number of piperidine rings is 1. The summed E-state index contributed by atoms with van der Waals surface area (Å²) in [6.45, 7) is 5.40. The molecular weight excluding hydrogens is 436 g/mol. The highest BCUT2D eigenvalue weighted by atomic mass is 35.5. The number of nitrogens with zero attached hydrogens (tertiary/aromatic N) is 3. The number of anilines is 1. The van der Waals surface area contributed by atoms with E-state index in [1.165, 1.54) is 18.5 Å². The number of carbonyl (C=O) groups is 1. The molecule has 1 aliphatic rings. The Bertz CT molecular complexity index is 1070. The van der Waals surface area contributed by atoms with Crippen LogP contribution in [0.4, 0.5) is 5.69 Å². The fourth-order valence-corrected chi connectivity index (χ4v) is 4.52. The van der Waals surface area contributed by atoms with Gasteiger partial charge < -0.3 is 19.5 Å². The highest BCUT2D eigenvalue weighted by molar-refractivity contribution is 6.30. The Hall–Kier alpha value is -2.83. The molecule has 1 aromatic heterocycles. The quantitative estimate of drug-likeness (QED) is 0.475. The van der Waals surface area contributed by atoms with Gasteiger partial charge in [0, 0.05) is 41.5 Å². The summed E-state index contributed by atoms with van der Waals surface area (Å²) in [5.74, 6) is 0.990. The fraction of sp³-hybridized carbons (Fsp3) is 0.385. The molecule has 0 bridgehead atoms. The highest BCUT2D eigenvalue weighted by Gasteiger charge is 2.22. The molecule has 3 aromatic rings. The number of halogens is 1. The van der Waals surface area contributed by atoms with E-state index in [1.54, 1.807) is 19.1 Å². The van der Waals surface area contributed by atoms with Gasteiger partial charge in [0.05, 0.1) is 6.61 Å². The van der Waals surface area contributed by atoms with E-state index in [-0.39, 0.29) is 0 Å². The maximum absolute atomic E-state index is 12.6. The summed E-state index contributed by atoms with van der Waals surface area (Å²) in [6, 6.07) is 15.7. The average molecular weight is 467 g/mol. The largest absolute Gasteiger partial charge is 0.461 e. The molecule has 0 unspecified atom stereocenters. The van der Waals surface area contributed by atoms with Crippen LogP contribution in [0, 0.1) is 5.92 Å². The number of benzene rings is 2. The summed E-state index contributed by atoms with van der Waals surface area (Å²) < 4.78 is 5.25. The van der Waals surface area contributed by atoms with Crippen molar-refractivity contribution in [3.63, 3.8) is 0 Å². The second-order valence-corrected chi connectivity index (χ2v) is 9.21. The van der Waals surface area contributed by atoms with E-state index in [0.717, 1.165) is 36.7 Å². The Kier molecular flexibility index (Phi) is 7.36. The maximum Gasteiger partial charge on any atom is 0.357 e. The predicted octanol–water partition coefficient (Wildman–Crippen LogP) is 5.35. The lowest BCUT2D eigenvalue weighted by atomic mass is 9.96. The number of hydrogen-bond acceptors (Lipinski definition) is 5. The van der Waals surface area contributed by atoms with Crippen molar-refractivity contribution in [2.75, 3.05) is 45.2 Å². The van der Waals surface area contributed by atoms with Gasteiger partial charge in [-0.1, -0.05) is 23.7 Å². The van der Waals surface area contributed by atoms with Gasteiger partial charge in [-0.15, -0.1) is 0 Å². The molecule has 0 radical (unpaired) electrons. The van der Waals surface area contributed by atoms with Crippen molar-refractivity contribution in [2.45, 2.75) is 19.8 Å². The average Bonchev–Trinajstić information content (AvgIpc) is 3.26. The highest BCUT2D eigenvalue weighted by Crippen LogP contribution is 2.30. The number of H-pyrrole nitrogens is 1. The third-order valence-electron chi connectivity index (χ3n) is 6.04. The summed E-state index contributed by atoms with van der Waals surface area (Å²) >= 11 is 6.04. The number of ether oxygens (including phenoxy) is 1. The molecular formula is C26H31ClN4O2. The van der Waals surface area contributed by atoms with Crippen molar-refractivity contribution in [1.29, 1.82) is 0 Å². The number of nitrogens with one attached hydrogen (secondary N) is 1. The zero-order valence-electron chi connectivity index (χ0n) is 19.5. The van der Waals surface area contributed by atoms with Gasteiger partial charge in [0.2, 0.25) is 0 Å². The van der Waals surface area contributed by atoms with Gasteiger partial charge in [0.25, 0.3) is 0 Å². The third-order valence-corrected chi connectivity index (χ3v) is 6.30. The number of aromatic nitrogens is 2. The van der Waals surface area contributed by atoms with E-state index >= 15 is 0 Å². The summed E-state index contributed by atoms with van der Waals surface area (Å²) in [4.78, 5) is 25.2. The van der Waals surface area contributed by atoms with Gasteiger partial charge >= 0.3 is 5.97 Å². The molecule has 2 heterocycles. The van der Waals surface area contributed by atoms with Gasteiger partial charge in [-0.05, 0) is 76.2 Å². The first kappa shape index (κ1) is 23.3. The molecule has 1 saturated heterocycles.